The van der Waals surface area contributed by atoms with E-state index in [0.29, 0.717) is 5.92 Å². The van der Waals surface area contributed by atoms with Crippen molar-refractivity contribution in [2.45, 2.75) is 50.1 Å². The summed E-state index contributed by atoms with van der Waals surface area (Å²) in [6, 6.07) is 8.31. The molecule has 5 nitrogen and oxygen atoms in total. The number of nitrogens with zero attached hydrogens (tertiary/aromatic N) is 2. The predicted octanol–water partition coefficient (Wildman–Crippen LogP) is 2.23. The van der Waals surface area contributed by atoms with Crippen LogP contribution in [0.2, 0.25) is 0 Å². The van der Waals surface area contributed by atoms with Crippen molar-refractivity contribution in [2.24, 2.45) is 5.92 Å². The van der Waals surface area contributed by atoms with Gasteiger partial charge in [-0.15, -0.1) is 0 Å². The molecule has 138 valence electrons. The molecule has 2 aliphatic rings. The number of rotatable bonds is 3. The average Bonchev–Trinajstić information content (AvgIpc) is 2.60. The minimum Gasteiger partial charge on any atom is -0.395 e. The Labute approximate surface area is 155 Å². The normalized spacial score (nSPS) is 27.0. The van der Waals surface area contributed by atoms with Crippen molar-refractivity contribution in [3.05, 3.63) is 35.4 Å². The summed E-state index contributed by atoms with van der Waals surface area (Å²) >= 11 is 0. The van der Waals surface area contributed by atoms with Gasteiger partial charge >= 0.3 is 0 Å². The Kier molecular flexibility index (Phi) is 5.67. The fourth-order valence-corrected chi connectivity index (χ4v) is 5.32. The van der Waals surface area contributed by atoms with Crippen LogP contribution in [0.15, 0.2) is 24.3 Å². The smallest absolute Gasteiger partial charge is 0.212 e. The zero-order chi connectivity index (χ0) is 18.7. The van der Waals surface area contributed by atoms with Crippen molar-refractivity contribution in [1.82, 2.24) is 4.31 Å². The molecule has 3 atom stereocenters. The second kappa shape index (κ2) is 7.80. The van der Waals surface area contributed by atoms with Crippen LogP contribution >= 0.6 is 0 Å². The van der Waals surface area contributed by atoms with Crippen molar-refractivity contribution >= 4 is 10.0 Å². The SMILES string of the molecule is CS(=O)(=O)N1[C@H](C#N)[C@@H](c2ccc(C#CC3CCCCC3)cc2)[C@H]1CO. The van der Waals surface area contributed by atoms with Crippen LogP contribution in [0.4, 0.5) is 0 Å². The summed E-state index contributed by atoms with van der Waals surface area (Å²) in [6.07, 6.45) is 7.25. The van der Waals surface area contributed by atoms with Gasteiger partial charge < -0.3 is 5.11 Å². The van der Waals surface area contributed by atoms with E-state index in [2.05, 4.69) is 17.9 Å². The van der Waals surface area contributed by atoms with Gasteiger partial charge in [-0.2, -0.15) is 9.57 Å². The minimum absolute atomic E-state index is 0.306. The van der Waals surface area contributed by atoms with E-state index in [0.717, 1.165) is 21.7 Å². The fraction of sp³-hybridized carbons (Fsp3) is 0.550. The molecule has 1 aromatic rings. The van der Waals surface area contributed by atoms with Crippen molar-refractivity contribution < 1.29 is 13.5 Å². The van der Waals surface area contributed by atoms with Gasteiger partial charge in [0.25, 0.3) is 0 Å². The third kappa shape index (κ3) is 3.78. The quantitative estimate of drug-likeness (QED) is 0.825. The number of benzene rings is 1. The maximum absolute atomic E-state index is 11.9. The van der Waals surface area contributed by atoms with E-state index in [1.807, 2.05) is 24.3 Å². The summed E-state index contributed by atoms with van der Waals surface area (Å²) in [6.45, 7) is -0.306. The summed E-state index contributed by atoms with van der Waals surface area (Å²) in [5.41, 5.74) is 1.78. The van der Waals surface area contributed by atoms with E-state index >= 15 is 0 Å². The Bertz CT molecular complexity index is 840. The van der Waals surface area contributed by atoms with E-state index in [1.165, 1.54) is 32.1 Å². The number of hydrogen-bond acceptors (Lipinski definition) is 4. The number of hydrogen-bond donors (Lipinski definition) is 1. The van der Waals surface area contributed by atoms with Crippen LogP contribution in [0.5, 0.6) is 0 Å². The van der Waals surface area contributed by atoms with Crippen LogP contribution < -0.4 is 0 Å². The van der Waals surface area contributed by atoms with Crippen molar-refractivity contribution in [3.8, 4) is 17.9 Å². The molecular formula is C20H24N2O3S. The standard InChI is InChI=1S/C20H24N2O3S/c1-26(24,25)22-18(13-21)20(19(22)14-23)17-11-9-16(10-12-17)8-7-15-5-3-2-4-6-15/h9-12,15,18-20,23H,2-6,14H2,1H3/t18-,19-,20-/m1/s1. The van der Waals surface area contributed by atoms with Gasteiger partial charge in [-0.05, 0) is 30.5 Å². The molecule has 6 heteroatoms. The van der Waals surface area contributed by atoms with E-state index in [1.54, 1.807) is 0 Å². The number of nitriles is 1. The second-order valence-corrected chi connectivity index (χ2v) is 9.06. The number of aliphatic hydroxyl groups is 1. The Morgan fingerprint density at radius 2 is 1.85 bits per heavy atom. The molecule has 1 N–H and O–H groups in total. The molecule has 1 aromatic carbocycles. The molecule has 0 bridgehead atoms. The van der Waals surface area contributed by atoms with Crippen LogP contribution in [-0.2, 0) is 10.0 Å². The van der Waals surface area contributed by atoms with Crippen molar-refractivity contribution in [1.29, 1.82) is 5.26 Å². The van der Waals surface area contributed by atoms with Gasteiger partial charge in [-0.3, -0.25) is 0 Å². The van der Waals surface area contributed by atoms with Crippen LogP contribution in [0, 0.1) is 29.1 Å². The monoisotopic (exact) mass is 372 g/mol. The first-order chi connectivity index (χ1) is 12.5. The van der Waals surface area contributed by atoms with E-state index in [-0.39, 0.29) is 12.5 Å². The van der Waals surface area contributed by atoms with Crippen molar-refractivity contribution in [2.75, 3.05) is 12.9 Å². The van der Waals surface area contributed by atoms with E-state index < -0.39 is 22.1 Å². The van der Waals surface area contributed by atoms with Gasteiger partial charge in [0.15, 0.2) is 0 Å². The van der Waals surface area contributed by atoms with Gasteiger partial charge in [0, 0.05) is 17.4 Å². The Morgan fingerprint density at radius 3 is 2.38 bits per heavy atom. The maximum atomic E-state index is 11.9. The van der Waals surface area contributed by atoms with Crippen LogP contribution in [0.1, 0.15) is 49.1 Å². The zero-order valence-corrected chi connectivity index (χ0v) is 15.7. The van der Waals surface area contributed by atoms with Gasteiger partial charge in [-0.1, -0.05) is 43.2 Å². The summed E-state index contributed by atoms with van der Waals surface area (Å²) in [4.78, 5) is 0. The Morgan fingerprint density at radius 1 is 1.19 bits per heavy atom. The number of sulfonamides is 1. The maximum Gasteiger partial charge on any atom is 0.212 e. The summed E-state index contributed by atoms with van der Waals surface area (Å²) in [5, 5.41) is 19.0. The molecule has 1 saturated heterocycles. The summed E-state index contributed by atoms with van der Waals surface area (Å²) in [5.74, 6) is 6.75. The van der Waals surface area contributed by atoms with Crippen LogP contribution in [0.25, 0.3) is 0 Å². The highest BCUT2D eigenvalue weighted by atomic mass is 32.2. The molecule has 0 unspecified atom stereocenters. The Hall–Kier alpha value is -1.86. The summed E-state index contributed by atoms with van der Waals surface area (Å²) < 4.78 is 24.8. The molecule has 1 aliphatic carbocycles. The lowest BCUT2D eigenvalue weighted by atomic mass is 9.78. The third-order valence-corrected chi connectivity index (χ3v) is 6.64. The molecular weight excluding hydrogens is 348 g/mol. The predicted molar refractivity (Wildman–Crippen MR) is 99.6 cm³/mol. The lowest BCUT2D eigenvalue weighted by molar-refractivity contribution is 0.0564. The first-order valence-electron chi connectivity index (χ1n) is 9.06. The molecule has 0 spiro atoms. The molecule has 3 rings (SSSR count). The van der Waals surface area contributed by atoms with Crippen LogP contribution in [0.3, 0.4) is 0 Å². The van der Waals surface area contributed by atoms with Gasteiger partial charge in [0.05, 0.1) is 25.0 Å². The van der Waals surface area contributed by atoms with Gasteiger partial charge in [0.1, 0.15) is 6.04 Å². The van der Waals surface area contributed by atoms with Gasteiger partial charge in [0.2, 0.25) is 10.0 Å². The molecule has 1 aliphatic heterocycles. The van der Waals surface area contributed by atoms with Gasteiger partial charge in [-0.25, -0.2) is 8.42 Å². The second-order valence-electron chi connectivity index (χ2n) is 7.17. The molecule has 1 saturated carbocycles. The molecule has 0 radical (unpaired) electrons. The molecule has 2 fully saturated rings. The molecule has 0 amide bonds. The summed E-state index contributed by atoms with van der Waals surface area (Å²) in [7, 11) is -3.53. The fourth-order valence-electron chi connectivity index (χ4n) is 4.04. The topological polar surface area (TPSA) is 81.4 Å². The van der Waals surface area contributed by atoms with Crippen molar-refractivity contribution in [3.63, 3.8) is 0 Å². The Balaban J connectivity index is 1.76. The minimum atomic E-state index is -3.53. The largest absolute Gasteiger partial charge is 0.395 e. The number of aliphatic hydroxyl groups excluding tert-OH is 1. The first-order valence-corrected chi connectivity index (χ1v) is 10.9. The first kappa shape index (κ1) is 18.9. The van der Waals surface area contributed by atoms with E-state index in [4.69, 9.17) is 0 Å². The highest BCUT2D eigenvalue weighted by Crippen LogP contribution is 2.41. The molecule has 1 heterocycles. The third-order valence-electron chi connectivity index (χ3n) is 5.38. The van der Waals surface area contributed by atoms with E-state index in [9.17, 15) is 18.8 Å². The molecule has 0 aromatic heterocycles. The average molecular weight is 372 g/mol. The molecule has 26 heavy (non-hydrogen) atoms. The highest BCUT2D eigenvalue weighted by Gasteiger charge is 2.53. The van der Waals surface area contributed by atoms with Crippen LogP contribution in [-0.4, -0.2) is 42.8 Å². The highest BCUT2D eigenvalue weighted by molar-refractivity contribution is 7.88. The lowest BCUT2D eigenvalue weighted by Crippen LogP contribution is -2.64. The zero-order valence-electron chi connectivity index (χ0n) is 14.9. The lowest BCUT2D eigenvalue weighted by Gasteiger charge is -2.49.